The Bertz CT molecular complexity index is 457. The molecule has 0 N–H and O–H groups in total. The van der Waals surface area contributed by atoms with Crippen LogP contribution >= 0.6 is 0 Å². The highest BCUT2D eigenvalue weighted by Gasteiger charge is 2.27. The summed E-state index contributed by atoms with van der Waals surface area (Å²) >= 11 is 0. The number of rotatable bonds is 2. The van der Waals surface area contributed by atoms with E-state index in [9.17, 15) is 9.59 Å². The van der Waals surface area contributed by atoms with E-state index in [1.165, 1.54) is 0 Å². The average Bonchev–Trinajstić information content (AvgIpc) is 2.29. The molecule has 0 fully saturated rings. The van der Waals surface area contributed by atoms with Crippen molar-refractivity contribution in [2.45, 2.75) is 41.5 Å². The highest BCUT2D eigenvalue weighted by molar-refractivity contribution is 5.80. The number of para-hydroxylation sites is 1. The Kier molecular flexibility index (Phi) is 4.58. The fourth-order valence-electron chi connectivity index (χ4n) is 1.07. The van der Waals surface area contributed by atoms with Crippen molar-refractivity contribution in [2.75, 3.05) is 0 Å². The van der Waals surface area contributed by atoms with Gasteiger partial charge >= 0.3 is 11.9 Å². The van der Waals surface area contributed by atoms with Crippen LogP contribution in [-0.2, 0) is 9.59 Å². The van der Waals surface area contributed by atoms with Gasteiger partial charge in [-0.3, -0.25) is 9.59 Å². The van der Waals surface area contributed by atoms with Crippen molar-refractivity contribution in [2.24, 2.45) is 10.8 Å². The molecule has 1 radical (unpaired) electrons. The Morgan fingerprint density at radius 2 is 1.45 bits per heavy atom. The van der Waals surface area contributed by atoms with Crippen molar-refractivity contribution in [3.8, 4) is 11.5 Å². The topological polar surface area (TPSA) is 52.6 Å². The molecule has 1 aromatic carbocycles. The fraction of sp³-hybridized carbons (Fsp3) is 0.500. The van der Waals surface area contributed by atoms with E-state index < -0.39 is 22.8 Å². The van der Waals surface area contributed by atoms with Gasteiger partial charge in [0.2, 0.25) is 0 Å². The molecule has 0 aliphatic carbocycles. The molecule has 109 valence electrons. The normalized spacial score (nSPS) is 11.9. The van der Waals surface area contributed by atoms with Crippen LogP contribution in [0.1, 0.15) is 41.5 Å². The largest absolute Gasteiger partial charge is 0.422 e. The predicted octanol–water partition coefficient (Wildman–Crippen LogP) is 3.39. The molecule has 0 atom stereocenters. The number of carbonyl (C=O) groups excluding carboxylic acids is 2. The third-order valence-corrected chi connectivity index (χ3v) is 2.40. The average molecular weight is 277 g/mol. The summed E-state index contributed by atoms with van der Waals surface area (Å²) in [5.41, 5.74) is -1.28. The first-order valence-electron chi connectivity index (χ1n) is 6.47. The fourth-order valence-corrected chi connectivity index (χ4v) is 1.07. The van der Waals surface area contributed by atoms with Crippen LogP contribution in [0.5, 0.6) is 11.5 Å². The van der Waals surface area contributed by atoms with Gasteiger partial charge in [0, 0.05) is 6.07 Å². The van der Waals surface area contributed by atoms with E-state index in [0.717, 1.165) is 0 Å². The Hall–Kier alpha value is -1.84. The minimum absolute atomic E-state index is 0.130. The second kappa shape index (κ2) is 5.65. The summed E-state index contributed by atoms with van der Waals surface area (Å²) in [6.07, 6.45) is 0. The van der Waals surface area contributed by atoms with Gasteiger partial charge in [-0.1, -0.05) is 12.1 Å². The van der Waals surface area contributed by atoms with E-state index in [4.69, 9.17) is 9.47 Å². The second-order valence-corrected chi connectivity index (χ2v) is 6.64. The Labute approximate surface area is 120 Å². The second-order valence-electron chi connectivity index (χ2n) is 6.64. The van der Waals surface area contributed by atoms with Gasteiger partial charge in [-0.2, -0.15) is 0 Å². The van der Waals surface area contributed by atoms with Crippen molar-refractivity contribution in [3.05, 3.63) is 24.3 Å². The zero-order valence-corrected chi connectivity index (χ0v) is 12.9. The van der Waals surface area contributed by atoms with Crippen LogP contribution in [0.15, 0.2) is 18.2 Å². The maximum absolute atomic E-state index is 11.9. The van der Waals surface area contributed by atoms with Crippen LogP contribution < -0.4 is 9.47 Å². The molecule has 0 saturated carbocycles. The van der Waals surface area contributed by atoms with E-state index in [0.29, 0.717) is 0 Å². The summed E-state index contributed by atoms with van der Waals surface area (Å²) in [5, 5.41) is 0. The molecule has 0 aromatic heterocycles. The van der Waals surface area contributed by atoms with Crippen LogP contribution in [0, 0.1) is 16.9 Å². The Morgan fingerprint density at radius 3 is 1.95 bits per heavy atom. The van der Waals surface area contributed by atoms with Gasteiger partial charge < -0.3 is 9.47 Å². The van der Waals surface area contributed by atoms with Gasteiger partial charge in [-0.25, -0.2) is 0 Å². The summed E-state index contributed by atoms with van der Waals surface area (Å²) in [6, 6.07) is 7.61. The minimum atomic E-state index is -0.644. The van der Waals surface area contributed by atoms with Gasteiger partial charge in [0.15, 0.2) is 11.5 Å². The summed E-state index contributed by atoms with van der Waals surface area (Å²) in [5.74, 6) is -0.479. The van der Waals surface area contributed by atoms with Crippen LogP contribution in [-0.4, -0.2) is 11.9 Å². The Morgan fingerprint density at radius 1 is 0.950 bits per heavy atom. The lowest BCUT2D eigenvalue weighted by molar-refractivity contribution is -0.145. The molecule has 0 saturated heterocycles. The maximum Gasteiger partial charge on any atom is 0.316 e. The van der Waals surface area contributed by atoms with Crippen molar-refractivity contribution in [1.29, 1.82) is 0 Å². The van der Waals surface area contributed by atoms with Crippen LogP contribution in [0.4, 0.5) is 0 Å². The standard InChI is InChI=1S/C16H21O4/c1-15(2,3)13(17)19-11-9-7-8-10-12(11)20-14(18)16(4,5)6/h7-9H,1-6H3. The van der Waals surface area contributed by atoms with Gasteiger partial charge in [-0.05, 0) is 47.6 Å². The smallest absolute Gasteiger partial charge is 0.316 e. The molecule has 0 aliphatic heterocycles. The first-order valence-corrected chi connectivity index (χ1v) is 6.47. The molecular formula is C16H21O4. The first-order chi connectivity index (χ1) is 9.01. The van der Waals surface area contributed by atoms with E-state index >= 15 is 0 Å². The minimum Gasteiger partial charge on any atom is -0.422 e. The molecule has 1 rings (SSSR count). The molecule has 0 unspecified atom stereocenters. The van der Waals surface area contributed by atoms with Crippen molar-refractivity contribution >= 4 is 11.9 Å². The molecule has 0 amide bonds. The van der Waals surface area contributed by atoms with E-state index in [-0.39, 0.29) is 11.5 Å². The predicted molar refractivity (Wildman–Crippen MR) is 75.5 cm³/mol. The SMILES string of the molecule is CC(C)(C)C(=O)Oc1[c]cccc1OC(=O)C(C)(C)C. The Balaban J connectivity index is 2.95. The third-order valence-electron chi connectivity index (χ3n) is 2.40. The third kappa shape index (κ3) is 4.37. The van der Waals surface area contributed by atoms with Crippen LogP contribution in [0.2, 0.25) is 0 Å². The molecule has 1 aromatic rings. The first kappa shape index (κ1) is 16.2. The van der Waals surface area contributed by atoms with Crippen LogP contribution in [0.25, 0.3) is 0 Å². The monoisotopic (exact) mass is 277 g/mol. The lowest BCUT2D eigenvalue weighted by Gasteiger charge is -2.20. The molecule has 20 heavy (non-hydrogen) atoms. The zero-order chi connectivity index (χ0) is 15.6. The molecule has 0 aliphatic rings. The molecule has 0 spiro atoms. The number of esters is 2. The van der Waals surface area contributed by atoms with Crippen LogP contribution in [0.3, 0.4) is 0 Å². The van der Waals surface area contributed by atoms with E-state index in [2.05, 4.69) is 6.07 Å². The summed E-state index contributed by atoms with van der Waals surface area (Å²) in [4.78, 5) is 23.8. The summed E-state index contributed by atoms with van der Waals surface area (Å²) in [6.45, 7) is 10.5. The lowest BCUT2D eigenvalue weighted by atomic mass is 9.97. The quantitative estimate of drug-likeness (QED) is 0.614. The molecular weight excluding hydrogens is 256 g/mol. The van der Waals surface area contributed by atoms with Gasteiger partial charge in [-0.15, -0.1) is 0 Å². The molecule has 4 nitrogen and oxygen atoms in total. The van der Waals surface area contributed by atoms with E-state index in [1.807, 2.05) is 0 Å². The lowest BCUT2D eigenvalue weighted by Crippen LogP contribution is -2.27. The highest BCUT2D eigenvalue weighted by atomic mass is 16.6. The summed E-state index contributed by atoms with van der Waals surface area (Å²) in [7, 11) is 0. The van der Waals surface area contributed by atoms with Crippen molar-refractivity contribution < 1.29 is 19.1 Å². The number of benzene rings is 1. The highest BCUT2D eigenvalue weighted by Crippen LogP contribution is 2.30. The van der Waals surface area contributed by atoms with Gasteiger partial charge in [0.05, 0.1) is 10.8 Å². The number of hydrogen-bond acceptors (Lipinski definition) is 4. The van der Waals surface area contributed by atoms with E-state index in [1.54, 1.807) is 59.7 Å². The maximum atomic E-state index is 11.9. The number of carbonyl (C=O) groups is 2. The molecule has 4 heteroatoms. The molecule has 0 bridgehead atoms. The number of ether oxygens (including phenoxy) is 2. The zero-order valence-electron chi connectivity index (χ0n) is 12.9. The molecule has 0 heterocycles. The van der Waals surface area contributed by atoms with Crippen molar-refractivity contribution in [1.82, 2.24) is 0 Å². The number of hydrogen-bond donors (Lipinski definition) is 0. The van der Waals surface area contributed by atoms with Gasteiger partial charge in [0.1, 0.15) is 0 Å². The summed E-state index contributed by atoms with van der Waals surface area (Å²) < 4.78 is 10.5. The van der Waals surface area contributed by atoms with Crippen molar-refractivity contribution in [3.63, 3.8) is 0 Å². The van der Waals surface area contributed by atoms with Gasteiger partial charge in [0.25, 0.3) is 0 Å².